The van der Waals surface area contributed by atoms with E-state index in [1.54, 1.807) is 0 Å². The van der Waals surface area contributed by atoms with Gasteiger partial charge in [0.15, 0.2) is 5.82 Å². The molecule has 0 bridgehead atoms. The molecule has 0 radical (unpaired) electrons. The molecule has 0 aliphatic rings. The molecule has 152 valence electrons. The van der Waals surface area contributed by atoms with Gasteiger partial charge in [-0.3, -0.25) is 4.57 Å². The Hall–Kier alpha value is -4.02. The first kappa shape index (κ1) is 18.7. The van der Waals surface area contributed by atoms with Crippen LogP contribution in [0.3, 0.4) is 0 Å². The predicted octanol–water partition coefficient (Wildman–Crippen LogP) is 6.96. The summed E-state index contributed by atoms with van der Waals surface area (Å²) in [6.07, 6.45) is 0. The van der Waals surface area contributed by atoms with E-state index in [2.05, 4.69) is 75.2 Å². The van der Waals surface area contributed by atoms with Gasteiger partial charge in [0.2, 0.25) is 11.2 Å². The van der Waals surface area contributed by atoms with Crippen LogP contribution in [0.5, 0.6) is 0 Å². The van der Waals surface area contributed by atoms with E-state index in [4.69, 9.17) is 16.6 Å². The molecule has 4 aromatic carbocycles. The number of rotatable bonds is 3. The standard InChI is InChI=1S/C27H17ClN4/c28-26-29-25(19-11-5-2-6-12-19)30-27(31-26)32-23-14-8-7-13-21(23)22-17-20(15-16-24(22)32)18-9-3-1-4-10-18/h1-17H. The summed E-state index contributed by atoms with van der Waals surface area (Å²) in [5.41, 5.74) is 5.28. The van der Waals surface area contributed by atoms with Crippen LogP contribution in [0, 0.1) is 0 Å². The summed E-state index contributed by atoms with van der Waals surface area (Å²) in [5.74, 6) is 1.05. The van der Waals surface area contributed by atoms with E-state index in [0.29, 0.717) is 11.8 Å². The molecule has 6 aromatic rings. The number of para-hydroxylation sites is 1. The zero-order chi connectivity index (χ0) is 21.5. The van der Waals surface area contributed by atoms with Crippen molar-refractivity contribution >= 4 is 33.4 Å². The van der Waals surface area contributed by atoms with Crippen LogP contribution in [0.15, 0.2) is 103 Å². The van der Waals surface area contributed by atoms with Gasteiger partial charge in [0.1, 0.15) is 0 Å². The highest BCUT2D eigenvalue weighted by Gasteiger charge is 2.17. The zero-order valence-corrected chi connectivity index (χ0v) is 17.7. The summed E-state index contributed by atoms with van der Waals surface area (Å²) < 4.78 is 2.06. The number of benzene rings is 4. The van der Waals surface area contributed by atoms with Gasteiger partial charge in [-0.1, -0.05) is 84.9 Å². The first-order chi connectivity index (χ1) is 15.8. The van der Waals surface area contributed by atoms with E-state index in [9.17, 15) is 0 Å². The van der Waals surface area contributed by atoms with Gasteiger partial charge in [-0.15, -0.1) is 0 Å². The van der Waals surface area contributed by atoms with Crippen LogP contribution in [0.4, 0.5) is 0 Å². The lowest BCUT2D eigenvalue weighted by Gasteiger charge is -2.08. The Bertz CT molecular complexity index is 1570. The molecule has 0 atom stereocenters. The molecule has 0 saturated heterocycles. The molecular weight excluding hydrogens is 416 g/mol. The van der Waals surface area contributed by atoms with Crippen molar-refractivity contribution < 1.29 is 0 Å². The maximum atomic E-state index is 6.35. The minimum absolute atomic E-state index is 0.167. The van der Waals surface area contributed by atoms with Crippen molar-refractivity contribution in [3.63, 3.8) is 0 Å². The Morgan fingerprint density at radius 1 is 0.531 bits per heavy atom. The van der Waals surface area contributed by atoms with Crippen molar-refractivity contribution in [2.24, 2.45) is 0 Å². The minimum Gasteiger partial charge on any atom is -0.278 e. The minimum atomic E-state index is 0.167. The van der Waals surface area contributed by atoms with Crippen LogP contribution in [0.1, 0.15) is 0 Å². The van der Waals surface area contributed by atoms with Crippen molar-refractivity contribution in [3.8, 4) is 28.5 Å². The molecule has 0 aliphatic carbocycles. The molecule has 0 spiro atoms. The molecule has 6 rings (SSSR count). The van der Waals surface area contributed by atoms with Gasteiger partial charge in [-0.2, -0.15) is 15.0 Å². The van der Waals surface area contributed by atoms with Gasteiger partial charge in [0.05, 0.1) is 11.0 Å². The summed E-state index contributed by atoms with van der Waals surface area (Å²) in [7, 11) is 0. The van der Waals surface area contributed by atoms with Crippen molar-refractivity contribution in [1.82, 2.24) is 19.5 Å². The lowest BCUT2D eigenvalue weighted by molar-refractivity contribution is 0.947. The maximum Gasteiger partial charge on any atom is 0.239 e. The molecule has 0 N–H and O–H groups in total. The Morgan fingerprint density at radius 3 is 1.97 bits per heavy atom. The molecule has 0 fully saturated rings. The van der Waals surface area contributed by atoms with Crippen LogP contribution < -0.4 is 0 Å². The third-order valence-electron chi connectivity index (χ3n) is 5.61. The number of nitrogens with zero attached hydrogens (tertiary/aromatic N) is 4. The molecule has 2 heterocycles. The molecule has 0 amide bonds. The fourth-order valence-corrected chi connectivity index (χ4v) is 4.31. The number of fused-ring (bicyclic) bond motifs is 3. The van der Waals surface area contributed by atoms with E-state index < -0.39 is 0 Å². The van der Waals surface area contributed by atoms with Crippen LogP contribution >= 0.6 is 11.6 Å². The first-order valence-electron chi connectivity index (χ1n) is 10.3. The van der Waals surface area contributed by atoms with E-state index in [-0.39, 0.29) is 5.28 Å². The molecule has 0 saturated carbocycles. The Labute approximate surface area is 189 Å². The average Bonchev–Trinajstić information content (AvgIpc) is 3.18. The third kappa shape index (κ3) is 3.13. The smallest absolute Gasteiger partial charge is 0.239 e. The van der Waals surface area contributed by atoms with Gasteiger partial charge < -0.3 is 0 Å². The van der Waals surface area contributed by atoms with Gasteiger partial charge in [0.25, 0.3) is 0 Å². The lowest BCUT2D eigenvalue weighted by Crippen LogP contribution is -2.04. The zero-order valence-electron chi connectivity index (χ0n) is 17.0. The van der Waals surface area contributed by atoms with Gasteiger partial charge >= 0.3 is 0 Å². The summed E-state index contributed by atoms with van der Waals surface area (Å²) in [5, 5.41) is 2.44. The monoisotopic (exact) mass is 432 g/mol. The molecule has 2 aromatic heterocycles. The Balaban J connectivity index is 1.62. The highest BCUT2D eigenvalue weighted by molar-refractivity contribution is 6.28. The number of halogens is 1. The maximum absolute atomic E-state index is 6.35. The second-order valence-corrected chi connectivity index (χ2v) is 7.88. The second kappa shape index (κ2) is 7.59. The fourth-order valence-electron chi connectivity index (χ4n) is 4.15. The second-order valence-electron chi connectivity index (χ2n) is 7.54. The van der Waals surface area contributed by atoms with Gasteiger partial charge in [-0.05, 0) is 40.9 Å². The molecule has 0 aliphatic heterocycles. The predicted molar refractivity (Wildman–Crippen MR) is 130 cm³/mol. The molecule has 5 heteroatoms. The normalized spacial score (nSPS) is 11.3. The van der Waals surface area contributed by atoms with E-state index in [0.717, 1.165) is 27.4 Å². The largest absolute Gasteiger partial charge is 0.278 e. The van der Waals surface area contributed by atoms with Crippen molar-refractivity contribution in [3.05, 3.63) is 108 Å². The SMILES string of the molecule is Clc1nc(-c2ccccc2)nc(-n2c3ccccc3c3cc(-c4ccccc4)ccc32)n1. The Morgan fingerprint density at radius 2 is 1.19 bits per heavy atom. The molecule has 0 unspecified atom stereocenters. The van der Waals surface area contributed by atoms with E-state index >= 15 is 0 Å². The topological polar surface area (TPSA) is 43.6 Å². The van der Waals surface area contributed by atoms with E-state index in [1.165, 1.54) is 11.1 Å². The Kier molecular flexibility index (Phi) is 4.44. The van der Waals surface area contributed by atoms with Gasteiger partial charge in [0, 0.05) is 16.3 Å². The van der Waals surface area contributed by atoms with Crippen LogP contribution in [0.25, 0.3) is 50.3 Å². The highest BCUT2D eigenvalue weighted by Crippen LogP contribution is 2.34. The van der Waals surface area contributed by atoms with Crippen LogP contribution in [0.2, 0.25) is 5.28 Å². The summed E-state index contributed by atoms with van der Waals surface area (Å²) in [4.78, 5) is 13.6. The average molecular weight is 433 g/mol. The fraction of sp³-hybridized carbons (Fsp3) is 0. The number of hydrogen-bond acceptors (Lipinski definition) is 3. The quantitative estimate of drug-likeness (QED) is 0.303. The summed E-state index contributed by atoms with van der Waals surface area (Å²) in [6.45, 7) is 0. The first-order valence-corrected chi connectivity index (χ1v) is 10.7. The molecule has 32 heavy (non-hydrogen) atoms. The van der Waals surface area contributed by atoms with Crippen molar-refractivity contribution in [2.45, 2.75) is 0 Å². The third-order valence-corrected chi connectivity index (χ3v) is 5.78. The number of aromatic nitrogens is 4. The van der Waals surface area contributed by atoms with Gasteiger partial charge in [-0.25, -0.2) is 0 Å². The van der Waals surface area contributed by atoms with Crippen molar-refractivity contribution in [2.75, 3.05) is 0 Å². The molecular formula is C27H17ClN4. The summed E-state index contributed by atoms with van der Waals surface area (Å²) >= 11 is 6.35. The van der Waals surface area contributed by atoms with Crippen LogP contribution in [-0.4, -0.2) is 19.5 Å². The van der Waals surface area contributed by atoms with Crippen LogP contribution in [-0.2, 0) is 0 Å². The highest BCUT2D eigenvalue weighted by atomic mass is 35.5. The van der Waals surface area contributed by atoms with Crippen molar-refractivity contribution in [1.29, 1.82) is 0 Å². The number of hydrogen-bond donors (Lipinski definition) is 0. The summed E-state index contributed by atoms with van der Waals surface area (Å²) in [6, 6.07) is 35.0. The molecule has 4 nitrogen and oxygen atoms in total. The van der Waals surface area contributed by atoms with E-state index in [1.807, 2.05) is 42.5 Å². The lowest BCUT2D eigenvalue weighted by atomic mass is 10.0.